The van der Waals surface area contributed by atoms with Crippen molar-refractivity contribution in [1.29, 1.82) is 0 Å². The van der Waals surface area contributed by atoms with Crippen molar-refractivity contribution in [3.8, 4) is 28.5 Å². The molecule has 0 aliphatic heterocycles. The van der Waals surface area contributed by atoms with E-state index >= 15 is 0 Å². The van der Waals surface area contributed by atoms with Crippen LogP contribution < -0.4 is 10.1 Å². The number of oxazole rings is 1. The molecule has 0 spiro atoms. The van der Waals surface area contributed by atoms with Gasteiger partial charge in [0.05, 0.1) is 18.4 Å². The number of nitrogens with one attached hydrogen (secondary N) is 1. The zero-order chi connectivity index (χ0) is 21.8. The Kier molecular flexibility index (Phi) is 5.85. The molecule has 0 radical (unpaired) electrons. The fourth-order valence-electron chi connectivity index (χ4n) is 3.30. The van der Waals surface area contributed by atoms with Crippen LogP contribution in [0, 0.1) is 13.8 Å². The third-order valence-electron chi connectivity index (χ3n) is 5.12. The molecule has 5 heteroatoms. The number of nitrogens with zero attached hydrogens (tertiary/aromatic N) is 1. The first-order valence-electron chi connectivity index (χ1n) is 10.2. The lowest BCUT2D eigenvalue weighted by molar-refractivity contribution is 0.102. The van der Waals surface area contributed by atoms with Gasteiger partial charge in [-0.15, -0.1) is 0 Å². The first kappa shape index (κ1) is 20.4. The van der Waals surface area contributed by atoms with Crippen LogP contribution in [-0.2, 0) is 0 Å². The summed E-state index contributed by atoms with van der Waals surface area (Å²) in [6, 6.07) is 20.8. The number of anilines is 1. The Hall–Kier alpha value is -3.86. The van der Waals surface area contributed by atoms with Gasteiger partial charge in [-0.05, 0) is 80.4 Å². The Morgan fingerprint density at radius 3 is 2.52 bits per heavy atom. The molecule has 31 heavy (non-hydrogen) atoms. The van der Waals surface area contributed by atoms with E-state index in [1.807, 2.05) is 81.4 Å². The van der Waals surface area contributed by atoms with Crippen molar-refractivity contribution in [2.75, 3.05) is 11.9 Å². The van der Waals surface area contributed by atoms with Crippen LogP contribution >= 0.6 is 0 Å². The summed E-state index contributed by atoms with van der Waals surface area (Å²) >= 11 is 0. The SMILES string of the molecule is CCOc1ccc(-c2cnc(-c3ccccc3C(=O)Nc3ccc(C)c(C)c3)o2)cc1. The Morgan fingerprint density at radius 1 is 1.00 bits per heavy atom. The third-order valence-corrected chi connectivity index (χ3v) is 5.12. The van der Waals surface area contributed by atoms with E-state index in [-0.39, 0.29) is 5.91 Å². The molecule has 0 saturated carbocycles. The number of rotatable bonds is 6. The Morgan fingerprint density at radius 2 is 1.77 bits per heavy atom. The van der Waals surface area contributed by atoms with Gasteiger partial charge in [-0.1, -0.05) is 18.2 Å². The Balaban J connectivity index is 1.60. The van der Waals surface area contributed by atoms with E-state index in [4.69, 9.17) is 9.15 Å². The number of benzene rings is 3. The molecule has 0 unspecified atom stereocenters. The molecule has 1 N–H and O–H groups in total. The molecule has 156 valence electrons. The first-order chi connectivity index (χ1) is 15.0. The van der Waals surface area contributed by atoms with Crippen LogP contribution in [0.4, 0.5) is 5.69 Å². The van der Waals surface area contributed by atoms with Gasteiger partial charge < -0.3 is 14.5 Å². The second-order valence-corrected chi connectivity index (χ2v) is 7.29. The lowest BCUT2D eigenvalue weighted by Gasteiger charge is -2.10. The average molecular weight is 412 g/mol. The van der Waals surface area contributed by atoms with E-state index in [0.717, 1.165) is 22.6 Å². The number of aryl methyl sites for hydroxylation is 2. The standard InChI is InChI=1S/C26H24N2O3/c1-4-30-21-13-10-19(11-14-21)24-16-27-26(31-24)23-8-6-5-7-22(23)25(29)28-20-12-9-17(2)18(3)15-20/h5-16H,4H2,1-3H3,(H,28,29). The van der Waals surface area contributed by atoms with Gasteiger partial charge >= 0.3 is 0 Å². The summed E-state index contributed by atoms with van der Waals surface area (Å²) in [4.78, 5) is 17.4. The van der Waals surface area contributed by atoms with Gasteiger partial charge in [-0.3, -0.25) is 4.79 Å². The van der Waals surface area contributed by atoms with E-state index in [0.29, 0.717) is 29.4 Å². The highest BCUT2D eigenvalue weighted by atomic mass is 16.5. The number of carbonyl (C=O) groups is 1. The van der Waals surface area contributed by atoms with Gasteiger partial charge in [0.25, 0.3) is 5.91 Å². The Labute approximate surface area is 181 Å². The molecular weight excluding hydrogens is 388 g/mol. The highest BCUT2D eigenvalue weighted by Crippen LogP contribution is 2.29. The molecule has 3 aromatic carbocycles. The zero-order valence-corrected chi connectivity index (χ0v) is 17.8. The van der Waals surface area contributed by atoms with Gasteiger partial charge in [0, 0.05) is 16.8 Å². The normalized spacial score (nSPS) is 10.7. The lowest BCUT2D eigenvalue weighted by Crippen LogP contribution is -2.13. The summed E-state index contributed by atoms with van der Waals surface area (Å²) in [6.45, 7) is 6.63. The van der Waals surface area contributed by atoms with E-state index in [1.165, 1.54) is 5.56 Å². The Bertz CT molecular complexity index is 1210. The molecule has 0 saturated heterocycles. The highest BCUT2D eigenvalue weighted by Gasteiger charge is 2.17. The summed E-state index contributed by atoms with van der Waals surface area (Å²) in [5.41, 5.74) is 5.09. The van der Waals surface area contributed by atoms with Crippen molar-refractivity contribution in [2.24, 2.45) is 0 Å². The number of amides is 1. The average Bonchev–Trinajstić information content (AvgIpc) is 3.27. The minimum atomic E-state index is -0.209. The summed E-state index contributed by atoms with van der Waals surface area (Å²) in [6.07, 6.45) is 1.67. The fourth-order valence-corrected chi connectivity index (χ4v) is 3.30. The van der Waals surface area contributed by atoms with E-state index in [2.05, 4.69) is 10.3 Å². The lowest BCUT2D eigenvalue weighted by atomic mass is 10.1. The summed E-state index contributed by atoms with van der Waals surface area (Å²) in [5.74, 6) is 1.62. The largest absolute Gasteiger partial charge is 0.494 e. The van der Waals surface area contributed by atoms with Crippen LogP contribution in [-0.4, -0.2) is 17.5 Å². The van der Waals surface area contributed by atoms with Crippen LogP contribution in [0.3, 0.4) is 0 Å². The molecule has 0 bridgehead atoms. The third kappa shape index (κ3) is 4.51. The summed E-state index contributed by atoms with van der Waals surface area (Å²) in [5, 5.41) is 2.97. The van der Waals surface area contributed by atoms with Crippen molar-refractivity contribution in [2.45, 2.75) is 20.8 Å². The summed E-state index contributed by atoms with van der Waals surface area (Å²) < 4.78 is 11.5. The predicted molar refractivity (Wildman–Crippen MR) is 122 cm³/mol. The smallest absolute Gasteiger partial charge is 0.256 e. The van der Waals surface area contributed by atoms with Gasteiger partial charge in [-0.2, -0.15) is 0 Å². The zero-order valence-electron chi connectivity index (χ0n) is 17.8. The molecule has 5 nitrogen and oxygen atoms in total. The van der Waals surface area contributed by atoms with Crippen LogP contribution in [0.25, 0.3) is 22.8 Å². The van der Waals surface area contributed by atoms with Crippen molar-refractivity contribution < 1.29 is 13.9 Å². The van der Waals surface area contributed by atoms with Crippen LogP contribution in [0.2, 0.25) is 0 Å². The van der Waals surface area contributed by atoms with Crippen LogP contribution in [0.5, 0.6) is 5.75 Å². The monoisotopic (exact) mass is 412 g/mol. The van der Waals surface area contributed by atoms with Crippen molar-refractivity contribution in [1.82, 2.24) is 4.98 Å². The molecule has 1 amide bonds. The molecule has 4 rings (SSSR count). The number of carbonyl (C=O) groups excluding carboxylic acids is 1. The van der Waals surface area contributed by atoms with Crippen LogP contribution in [0.1, 0.15) is 28.4 Å². The van der Waals surface area contributed by atoms with E-state index < -0.39 is 0 Å². The minimum Gasteiger partial charge on any atom is -0.494 e. The molecule has 1 heterocycles. The maximum absolute atomic E-state index is 13.0. The molecule has 0 atom stereocenters. The molecule has 0 aliphatic carbocycles. The maximum Gasteiger partial charge on any atom is 0.256 e. The van der Waals surface area contributed by atoms with Crippen molar-refractivity contribution in [3.05, 3.63) is 89.6 Å². The van der Waals surface area contributed by atoms with Gasteiger partial charge in [0.1, 0.15) is 5.75 Å². The highest BCUT2D eigenvalue weighted by molar-refractivity contribution is 6.08. The molecule has 1 aromatic heterocycles. The predicted octanol–water partition coefficient (Wildman–Crippen LogP) is 6.28. The van der Waals surface area contributed by atoms with Crippen molar-refractivity contribution in [3.63, 3.8) is 0 Å². The van der Waals surface area contributed by atoms with Crippen LogP contribution in [0.15, 0.2) is 77.3 Å². The number of ether oxygens (including phenoxy) is 1. The second-order valence-electron chi connectivity index (χ2n) is 7.29. The maximum atomic E-state index is 13.0. The van der Waals surface area contributed by atoms with E-state index in [9.17, 15) is 4.79 Å². The molecule has 4 aromatic rings. The minimum absolute atomic E-state index is 0.209. The fraction of sp³-hybridized carbons (Fsp3) is 0.154. The number of hydrogen-bond acceptors (Lipinski definition) is 4. The van der Waals surface area contributed by atoms with E-state index in [1.54, 1.807) is 12.3 Å². The quantitative estimate of drug-likeness (QED) is 0.405. The van der Waals surface area contributed by atoms with Gasteiger partial charge in [0.15, 0.2) is 5.76 Å². The molecule has 0 fully saturated rings. The number of hydrogen-bond donors (Lipinski definition) is 1. The second kappa shape index (κ2) is 8.88. The molecule has 0 aliphatic rings. The molecular formula is C26H24N2O3. The summed E-state index contributed by atoms with van der Waals surface area (Å²) in [7, 11) is 0. The number of aromatic nitrogens is 1. The van der Waals surface area contributed by atoms with Gasteiger partial charge in [0.2, 0.25) is 5.89 Å². The topological polar surface area (TPSA) is 64.4 Å². The van der Waals surface area contributed by atoms with Gasteiger partial charge in [-0.25, -0.2) is 4.98 Å². The first-order valence-corrected chi connectivity index (χ1v) is 10.2. The van der Waals surface area contributed by atoms with Crippen molar-refractivity contribution >= 4 is 11.6 Å².